The third-order valence-corrected chi connectivity index (χ3v) is 4.52. The lowest BCUT2D eigenvalue weighted by atomic mass is 10.2. The summed E-state index contributed by atoms with van der Waals surface area (Å²) < 4.78 is 0. The monoisotopic (exact) mass is 270 g/mol. The zero-order chi connectivity index (χ0) is 12.4. The molecule has 1 saturated heterocycles. The smallest absolute Gasteiger partial charge is 0.131 e. The zero-order valence-electron chi connectivity index (χ0n) is 10.6. The molecule has 94 valence electrons. The third-order valence-electron chi connectivity index (χ3n) is 2.98. The Morgan fingerprint density at radius 1 is 1.41 bits per heavy atom. The molecule has 0 bridgehead atoms. The summed E-state index contributed by atoms with van der Waals surface area (Å²) in [5, 5.41) is 1.35. The van der Waals surface area contributed by atoms with E-state index in [2.05, 4.69) is 48.5 Å². The maximum atomic E-state index is 5.83. The lowest BCUT2D eigenvalue weighted by Gasteiger charge is -2.36. The van der Waals surface area contributed by atoms with Gasteiger partial charge in [-0.05, 0) is 24.1 Å². The van der Waals surface area contributed by atoms with Crippen molar-refractivity contribution in [3.8, 4) is 0 Å². The van der Waals surface area contributed by atoms with E-state index in [0.29, 0.717) is 16.4 Å². The van der Waals surface area contributed by atoms with E-state index in [1.807, 2.05) is 6.20 Å². The van der Waals surface area contributed by atoms with Crippen LogP contribution in [0.25, 0.3) is 0 Å². The number of alkyl halides is 1. The van der Waals surface area contributed by atoms with Crippen molar-refractivity contribution in [2.75, 3.05) is 18.0 Å². The maximum Gasteiger partial charge on any atom is 0.131 e. The van der Waals surface area contributed by atoms with Crippen LogP contribution in [0, 0.1) is 6.92 Å². The molecule has 0 spiro atoms. The molecule has 2 nitrogen and oxygen atoms in total. The highest BCUT2D eigenvalue weighted by Gasteiger charge is 2.24. The molecule has 1 fully saturated rings. The van der Waals surface area contributed by atoms with Crippen molar-refractivity contribution in [3.63, 3.8) is 0 Å². The minimum absolute atomic E-state index is 0.538. The minimum atomic E-state index is 0.538. The highest BCUT2D eigenvalue weighted by atomic mass is 35.5. The molecule has 0 N–H and O–H groups in total. The molecule has 1 aliphatic heterocycles. The van der Waals surface area contributed by atoms with Crippen molar-refractivity contribution in [1.82, 2.24) is 4.98 Å². The van der Waals surface area contributed by atoms with Crippen molar-refractivity contribution < 1.29 is 0 Å². The number of aryl methyl sites for hydroxylation is 1. The number of aromatic nitrogens is 1. The summed E-state index contributed by atoms with van der Waals surface area (Å²) in [4.78, 5) is 6.98. The van der Waals surface area contributed by atoms with Crippen molar-refractivity contribution >= 4 is 29.2 Å². The molecule has 0 radical (unpaired) electrons. The number of pyridine rings is 1. The van der Waals surface area contributed by atoms with Crippen molar-refractivity contribution in [1.29, 1.82) is 0 Å². The van der Waals surface area contributed by atoms with Gasteiger partial charge >= 0.3 is 0 Å². The van der Waals surface area contributed by atoms with Gasteiger partial charge in [0.1, 0.15) is 5.82 Å². The average Bonchev–Trinajstić information content (AvgIpc) is 2.27. The second-order valence-corrected chi connectivity index (χ2v) is 6.93. The van der Waals surface area contributed by atoms with E-state index in [0.717, 1.165) is 24.5 Å². The van der Waals surface area contributed by atoms with Crippen LogP contribution in [0.4, 0.5) is 5.82 Å². The number of nitrogens with zero attached hydrogens (tertiary/aromatic N) is 2. The van der Waals surface area contributed by atoms with E-state index in [-0.39, 0.29) is 0 Å². The van der Waals surface area contributed by atoms with Gasteiger partial charge in [0.2, 0.25) is 0 Å². The topological polar surface area (TPSA) is 16.1 Å². The quantitative estimate of drug-likeness (QED) is 0.766. The lowest BCUT2D eigenvalue weighted by molar-refractivity contribution is 0.716. The fraction of sp³-hybridized carbons (Fsp3) is 0.615. The fourth-order valence-electron chi connectivity index (χ4n) is 2.38. The van der Waals surface area contributed by atoms with Gasteiger partial charge in [-0.1, -0.05) is 13.8 Å². The summed E-state index contributed by atoms with van der Waals surface area (Å²) in [6.45, 7) is 8.87. The molecule has 0 amide bonds. The molecular formula is C13H19ClN2S. The predicted molar refractivity (Wildman–Crippen MR) is 77.3 cm³/mol. The van der Waals surface area contributed by atoms with Crippen LogP contribution in [-0.4, -0.2) is 28.6 Å². The Balaban J connectivity index is 2.21. The molecule has 0 saturated carbocycles. The van der Waals surface area contributed by atoms with Crippen LogP contribution in [0.15, 0.2) is 12.3 Å². The SMILES string of the molecule is Cc1cc(CCl)cnc1N1CC(C)SC(C)C1. The van der Waals surface area contributed by atoms with E-state index in [1.54, 1.807) is 0 Å². The van der Waals surface area contributed by atoms with Crippen LogP contribution in [0.2, 0.25) is 0 Å². The van der Waals surface area contributed by atoms with Gasteiger partial charge in [-0.15, -0.1) is 11.6 Å². The standard InChI is InChI=1S/C13H19ClN2S/c1-9-4-12(5-14)6-15-13(9)16-7-10(2)17-11(3)8-16/h4,6,10-11H,5,7-8H2,1-3H3. The highest BCUT2D eigenvalue weighted by molar-refractivity contribution is 8.00. The average molecular weight is 271 g/mol. The molecule has 1 aromatic rings. The van der Waals surface area contributed by atoms with Crippen LogP contribution in [0.5, 0.6) is 0 Å². The number of halogens is 1. The number of hydrogen-bond acceptors (Lipinski definition) is 3. The van der Waals surface area contributed by atoms with E-state index >= 15 is 0 Å². The number of hydrogen-bond donors (Lipinski definition) is 0. The summed E-state index contributed by atoms with van der Waals surface area (Å²) >= 11 is 7.89. The Bertz CT molecular complexity index is 387. The summed E-state index contributed by atoms with van der Waals surface area (Å²) in [7, 11) is 0. The normalized spacial score (nSPS) is 25.1. The number of anilines is 1. The van der Waals surface area contributed by atoms with Crippen LogP contribution >= 0.6 is 23.4 Å². The van der Waals surface area contributed by atoms with Gasteiger partial charge in [0, 0.05) is 35.7 Å². The largest absolute Gasteiger partial charge is 0.354 e. The van der Waals surface area contributed by atoms with Crippen molar-refractivity contribution in [2.45, 2.75) is 37.2 Å². The van der Waals surface area contributed by atoms with Crippen LogP contribution in [-0.2, 0) is 5.88 Å². The molecule has 0 aliphatic carbocycles. The molecule has 0 aromatic carbocycles. The fourth-order valence-corrected chi connectivity index (χ4v) is 3.85. The summed E-state index contributed by atoms with van der Waals surface area (Å²) in [6, 6.07) is 2.15. The van der Waals surface area contributed by atoms with Crippen molar-refractivity contribution in [2.24, 2.45) is 0 Å². The third kappa shape index (κ3) is 3.08. The van der Waals surface area contributed by atoms with Gasteiger partial charge in [-0.3, -0.25) is 0 Å². The predicted octanol–water partition coefficient (Wildman–Crippen LogP) is 3.46. The van der Waals surface area contributed by atoms with E-state index in [1.165, 1.54) is 5.56 Å². The lowest BCUT2D eigenvalue weighted by Crippen LogP contribution is -2.41. The first-order valence-electron chi connectivity index (χ1n) is 6.02. The van der Waals surface area contributed by atoms with E-state index in [4.69, 9.17) is 11.6 Å². The highest BCUT2D eigenvalue weighted by Crippen LogP contribution is 2.29. The summed E-state index contributed by atoms with van der Waals surface area (Å²) in [5.74, 6) is 1.66. The Labute approximate surface area is 113 Å². The molecule has 4 heteroatoms. The van der Waals surface area contributed by atoms with Gasteiger partial charge in [-0.25, -0.2) is 4.98 Å². The van der Waals surface area contributed by atoms with Gasteiger partial charge in [0.15, 0.2) is 0 Å². The van der Waals surface area contributed by atoms with Crippen molar-refractivity contribution in [3.05, 3.63) is 23.4 Å². The van der Waals surface area contributed by atoms with Crippen LogP contribution in [0.3, 0.4) is 0 Å². The molecular weight excluding hydrogens is 252 g/mol. The molecule has 2 atom stereocenters. The molecule has 1 aromatic heterocycles. The molecule has 2 unspecified atom stereocenters. The minimum Gasteiger partial charge on any atom is -0.354 e. The molecule has 2 heterocycles. The van der Waals surface area contributed by atoms with Gasteiger partial charge in [-0.2, -0.15) is 11.8 Å². The zero-order valence-corrected chi connectivity index (χ0v) is 12.2. The maximum absolute atomic E-state index is 5.83. The molecule has 2 rings (SSSR count). The number of thioether (sulfide) groups is 1. The molecule has 17 heavy (non-hydrogen) atoms. The van der Waals surface area contributed by atoms with Gasteiger partial charge < -0.3 is 4.90 Å². The van der Waals surface area contributed by atoms with Crippen LogP contribution < -0.4 is 4.90 Å². The Morgan fingerprint density at radius 2 is 2.06 bits per heavy atom. The Kier molecular flexibility index (Phi) is 4.21. The second-order valence-electron chi connectivity index (χ2n) is 4.78. The summed E-state index contributed by atoms with van der Waals surface area (Å²) in [5.41, 5.74) is 2.33. The Morgan fingerprint density at radius 3 is 2.59 bits per heavy atom. The van der Waals surface area contributed by atoms with Crippen LogP contribution in [0.1, 0.15) is 25.0 Å². The van der Waals surface area contributed by atoms with E-state index in [9.17, 15) is 0 Å². The first-order chi connectivity index (χ1) is 8.10. The second kappa shape index (κ2) is 5.49. The van der Waals surface area contributed by atoms with Gasteiger partial charge in [0.25, 0.3) is 0 Å². The molecule has 1 aliphatic rings. The van der Waals surface area contributed by atoms with Gasteiger partial charge in [0.05, 0.1) is 0 Å². The summed E-state index contributed by atoms with van der Waals surface area (Å²) in [6.07, 6.45) is 1.90. The van der Waals surface area contributed by atoms with E-state index < -0.39 is 0 Å². The first kappa shape index (κ1) is 13.0. The Hall–Kier alpha value is -0.410. The first-order valence-corrected chi connectivity index (χ1v) is 7.49. The number of rotatable bonds is 2.